The normalized spacial score (nSPS) is 18.3. The molecule has 0 unspecified atom stereocenters. The highest BCUT2D eigenvalue weighted by atomic mass is 32.2. The average Bonchev–Trinajstić information content (AvgIpc) is 2.29. The van der Waals surface area contributed by atoms with E-state index in [1.54, 1.807) is 11.8 Å². The van der Waals surface area contributed by atoms with Crippen molar-refractivity contribution >= 4 is 23.6 Å². The van der Waals surface area contributed by atoms with Crippen LogP contribution in [0.15, 0.2) is 0 Å². The van der Waals surface area contributed by atoms with E-state index in [4.69, 9.17) is 5.11 Å². The minimum absolute atomic E-state index is 0.00667. The molecule has 18 heavy (non-hydrogen) atoms. The van der Waals surface area contributed by atoms with Gasteiger partial charge in [-0.2, -0.15) is 11.8 Å². The van der Waals surface area contributed by atoms with Gasteiger partial charge in [-0.3, -0.25) is 9.59 Å². The summed E-state index contributed by atoms with van der Waals surface area (Å²) < 4.78 is 0. The van der Waals surface area contributed by atoms with Gasteiger partial charge in [0.15, 0.2) is 0 Å². The zero-order chi connectivity index (χ0) is 13.4. The molecule has 0 saturated heterocycles. The third kappa shape index (κ3) is 5.29. The lowest BCUT2D eigenvalue weighted by molar-refractivity contribution is -0.141. The molecule has 4 nitrogen and oxygen atoms in total. The lowest BCUT2D eigenvalue weighted by Crippen LogP contribution is -2.35. The monoisotopic (exact) mass is 273 g/mol. The van der Waals surface area contributed by atoms with Crippen LogP contribution in [0, 0.1) is 5.41 Å². The lowest BCUT2D eigenvalue weighted by Gasteiger charge is -2.35. The number of hydrogen-bond acceptors (Lipinski definition) is 3. The first-order valence-corrected chi connectivity index (χ1v) is 7.95. The standard InChI is InChI=1S/C13H23NO3S/c1-18-8-7-14-11(15)9-13(10-12(16)17)5-3-2-4-6-13/h2-10H2,1H3,(H,14,15)(H,16,17). The van der Waals surface area contributed by atoms with Crippen LogP contribution in [0.1, 0.15) is 44.9 Å². The molecule has 1 fully saturated rings. The molecule has 2 N–H and O–H groups in total. The van der Waals surface area contributed by atoms with Crippen molar-refractivity contribution in [2.75, 3.05) is 18.6 Å². The van der Waals surface area contributed by atoms with E-state index in [0.717, 1.165) is 37.9 Å². The van der Waals surface area contributed by atoms with E-state index in [2.05, 4.69) is 5.32 Å². The first-order valence-electron chi connectivity index (χ1n) is 6.55. The van der Waals surface area contributed by atoms with Crippen LogP contribution in [0.3, 0.4) is 0 Å². The highest BCUT2D eigenvalue weighted by Crippen LogP contribution is 2.42. The molecule has 0 aliphatic heterocycles. The zero-order valence-electron chi connectivity index (χ0n) is 11.0. The molecule has 0 atom stereocenters. The van der Waals surface area contributed by atoms with Gasteiger partial charge in [0.25, 0.3) is 0 Å². The van der Waals surface area contributed by atoms with Crippen molar-refractivity contribution in [1.29, 1.82) is 0 Å². The molecular weight excluding hydrogens is 250 g/mol. The topological polar surface area (TPSA) is 66.4 Å². The van der Waals surface area contributed by atoms with Crippen molar-refractivity contribution in [3.63, 3.8) is 0 Å². The Kier molecular flexibility index (Phi) is 6.54. The predicted octanol–water partition coefficient (Wildman–Crippen LogP) is 2.28. The van der Waals surface area contributed by atoms with E-state index >= 15 is 0 Å². The summed E-state index contributed by atoms with van der Waals surface area (Å²) in [7, 11) is 0. The Morgan fingerprint density at radius 3 is 2.44 bits per heavy atom. The number of thioether (sulfide) groups is 1. The number of hydrogen-bond donors (Lipinski definition) is 2. The Morgan fingerprint density at radius 2 is 1.89 bits per heavy atom. The van der Waals surface area contributed by atoms with Crippen molar-refractivity contribution < 1.29 is 14.7 Å². The molecule has 0 aromatic heterocycles. The number of amides is 1. The Bertz CT molecular complexity index is 288. The van der Waals surface area contributed by atoms with E-state index in [1.165, 1.54) is 0 Å². The number of carboxylic acid groups (broad SMARTS) is 1. The van der Waals surface area contributed by atoms with Crippen LogP contribution in [-0.2, 0) is 9.59 Å². The highest BCUT2D eigenvalue weighted by molar-refractivity contribution is 7.98. The van der Waals surface area contributed by atoms with Crippen molar-refractivity contribution in [2.24, 2.45) is 5.41 Å². The largest absolute Gasteiger partial charge is 0.481 e. The maximum absolute atomic E-state index is 11.9. The first kappa shape index (κ1) is 15.3. The SMILES string of the molecule is CSCCNC(=O)CC1(CC(=O)O)CCCCC1. The van der Waals surface area contributed by atoms with Crippen LogP contribution >= 0.6 is 11.8 Å². The van der Waals surface area contributed by atoms with Crippen molar-refractivity contribution in [3.8, 4) is 0 Å². The second-order valence-electron chi connectivity index (χ2n) is 5.15. The fourth-order valence-electron chi connectivity index (χ4n) is 2.73. The molecule has 0 bridgehead atoms. The molecular formula is C13H23NO3S. The van der Waals surface area contributed by atoms with Crippen molar-refractivity contribution in [1.82, 2.24) is 5.32 Å². The predicted molar refractivity (Wildman–Crippen MR) is 73.8 cm³/mol. The van der Waals surface area contributed by atoms with Gasteiger partial charge < -0.3 is 10.4 Å². The summed E-state index contributed by atoms with van der Waals surface area (Å²) in [4.78, 5) is 22.8. The van der Waals surface area contributed by atoms with Gasteiger partial charge >= 0.3 is 5.97 Å². The number of carbonyl (C=O) groups excluding carboxylic acids is 1. The average molecular weight is 273 g/mol. The van der Waals surface area contributed by atoms with Crippen molar-refractivity contribution in [3.05, 3.63) is 0 Å². The summed E-state index contributed by atoms with van der Waals surface area (Å²) in [5, 5.41) is 11.9. The molecule has 0 radical (unpaired) electrons. The molecule has 5 heteroatoms. The first-order chi connectivity index (χ1) is 8.58. The number of carboxylic acids is 1. The molecule has 0 spiro atoms. The van der Waals surface area contributed by atoms with E-state index < -0.39 is 5.97 Å². The fraction of sp³-hybridized carbons (Fsp3) is 0.846. The summed E-state index contributed by atoms with van der Waals surface area (Å²) in [6, 6.07) is 0. The summed E-state index contributed by atoms with van der Waals surface area (Å²) in [5.74, 6) is 0.124. The lowest BCUT2D eigenvalue weighted by atomic mass is 9.69. The van der Waals surface area contributed by atoms with E-state index in [1.807, 2.05) is 6.26 Å². The zero-order valence-corrected chi connectivity index (χ0v) is 11.9. The maximum Gasteiger partial charge on any atom is 0.303 e. The van der Waals surface area contributed by atoms with E-state index in [-0.39, 0.29) is 17.7 Å². The van der Waals surface area contributed by atoms with Gasteiger partial charge in [-0.15, -0.1) is 0 Å². The van der Waals surface area contributed by atoms with Gasteiger partial charge in [0.1, 0.15) is 0 Å². The van der Waals surface area contributed by atoms with E-state index in [9.17, 15) is 9.59 Å². The molecule has 0 aromatic rings. The number of aliphatic carboxylic acids is 1. The third-order valence-corrected chi connectivity index (χ3v) is 4.22. The molecule has 0 heterocycles. The van der Waals surface area contributed by atoms with Crippen LogP contribution in [0.4, 0.5) is 0 Å². The van der Waals surface area contributed by atoms with Gasteiger partial charge in [0.05, 0.1) is 6.42 Å². The van der Waals surface area contributed by atoms with Gasteiger partial charge in [0, 0.05) is 18.7 Å². The second-order valence-corrected chi connectivity index (χ2v) is 6.14. The number of rotatable bonds is 7. The smallest absolute Gasteiger partial charge is 0.303 e. The summed E-state index contributed by atoms with van der Waals surface area (Å²) in [5.41, 5.74) is -0.298. The molecule has 1 rings (SSSR count). The van der Waals surface area contributed by atoms with Crippen LogP contribution in [-0.4, -0.2) is 35.5 Å². The minimum atomic E-state index is -0.784. The van der Waals surface area contributed by atoms with Crippen LogP contribution in [0.2, 0.25) is 0 Å². The minimum Gasteiger partial charge on any atom is -0.481 e. The molecule has 0 aromatic carbocycles. The van der Waals surface area contributed by atoms with Gasteiger partial charge in [0.2, 0.25) is 5.91 Å². The molecule has 1 aliphatic carbocycles. The summed E-state index contributed by atoms with van der Waals surface area (Å²) in [6.45, 7) is 0.670. The quantitative estimate of drug-likeness (QED) is 0.698. The highest BCUT2D eigenvalue weighted by Gasteiger charge is 2.36. The number of carbonyl (C=O) groups is 2. The summed E-state index contributed by atoms with van der Waals surface area (Å²) in [6.07, 6.45) is 7.49. The Labute approximate surface area is 113 Å². The summed E-state index contributed by atoms with van der Waals surface area (Å²) >= 11 is 1.69. The van der Waals surface area contributed by atoms with Gasteiger partial charge in [-0.05, 0) is 24.5 Å². The van der Waals surface area contributed by atoms with Crippen LogP contribution in [0.25, 0.3) is 0 Å². The van der Waals surface area contributed by atoms with Crippen LogP contribution < -0.4 is 5.32 Å². The fourth-order valence-corrected chi connectivity index (χ4v) is 3.04. The second kappa shape index (κ2) is 7.67. The molecule has 1 aliphatic rings. The maximum atomic E-state index is 11.9. The van der Waals surface area contributed by atoms with E-state index in [0.29, 0.717) is 13.0 Å². The van der Waals surface area contributed by atoms with Gasteiger partial charge in [-0.1, -0.05) is 19.3 Å². The Hall–Kier alpha value is -0.710. The Morgan fingerprint density at radius 1 is 1.22 bits per heavy atom. The molecule has 1 saturated carbocycles. The molecule has 104 valence electrons. The van der Waals surface area contributed by atoms with Crippen LogP contribution in [0.5, 0.6) is 0 Å². The third-order valence-electron chi connectivity index (χ3n) is 3.60. The molecule has 1 amide bonds. The van der Waals surface area contributed by atoms with Gasteiger partial charge in [-0.25, -0.2) is 0 Å². The van der Waals surface area contributed by atoms with Crippen molar-refractivity contribution in [2.45, 2.75) is 44.9 Å². The number of nitrogens with one attached hydrogen (secondary N) is 1. The Balaban J connectivity index is 2.49.